The Morgan fingerprint density at radius 3 is 2.22 bits per heavy atom. The molecule has 7 heteroatoms. The van der Waals surface area contributed by atoms with E-state index in [1.807, 2.05) is 30.3 Å². The van der Waals surface area contributed by atoms with E-state index >= 15 is 0 Å². The summed E-state index contributed by atoms with van der Waals surface area (Å²) in [5.41, 5.74) is 1.50. The molecule has 1 aromatic heterocycles. The highest BCUT2D eigenvalue weighted by Crippen LogP contribution is 2.26. The number of amides is 3. The summed E-state index contributed by atoms with van der Waals surface area (Å²) in [6.45, 7) is 0. The average Bonchev–Trinajstić information content (AvgIpc) is 3.28. The zero-order valence-electron chi connectivity index (χ0n) is 14.2. The van der Waals surface area contributed by atoms with Crippen molar-refractivity contribution in [2.45, 2.75) is 12.5 Å². The third-order valence-corrected chi connectivity index (χ3v) is 5.06. The Bertz CT molecular complexity index is 967. The number of hydrogen-bond acceptors (Lipinski definition) is 5. The molecule has 0 fully saturated rings. The van der Waals surface area contributed by atoms with E-state index in [0.29, 0.717) is 16.3 Å². The van der Waals surface area contributed by atoms with Crippen molar-refractivity contribution >= 4 is 34.2 Å². The minimum atomic E-state index is -0.969. The fourth-order valence-electron chi connectivity index (χ4n) is 3.10. The molecule has 134 valence electrons. The molecule has 0 saturated carbocycles. The van der Waals surface area contributed by atoms with Crippen molar-refractivity contribution in [2.75, 3.05) is 5.32 Å². The standard InChI is InChI=1S/C20H15N3O3S/c24-17(22-20-21-10-11-27-20)16(12-13-6-2-1-3-7-13)23-18(25)14-8-4-5-9-15(14)19(23)26/h1-11,16H,12H2,(H,21,22,24)/t16-/m1/s1. The molecule has 3 aromatic rings. The number of fused-ring (bicyclic) bond motifs is 1. The normalized spacial score (nSPS) is 14.1. The maximum atomic E-state index is 13.0. The first-order valence-corrected chi connectivity index (χ1v) is 9.24. The average molecular weight is 377 g/mol. The molecule has 1 aliphatic heterocycles. The van der Waals surface area contributed by atoms with Crippen molar-refractivity contribution in [3.05, 3.63) is 82.9 Å². The Morgan fingerprint density at radius 2 is 1.63 bits per heavy atom. The summed E-state index contributed by atoms with van der Waals surface area (Å²) >= 11 is 1.28. The smallest absolute Gasteiger partial charge is 0.262 e. The van der Waals surface area contributed by atoms with Crippen LogP contribution in [0.5, 0.6) is 0 Å². The van der Waals surface area contributed by atoms with Crippen LogP contribution >= 0.6 is 11.3 Å². The lowest BCUT2D eigenvalue weighted by Gasteiger charge is -2.25. The van der Waals surface area contributed by atoms with Crippen molar-refractivity contribution < 1.29 is 14.4 Å². The van der Waals surface area contributed by atoms with Gasteiger partial charge in [-0.25, -0.2) is 4.98 Å². The lowest BCUT2D eigenvalue weighted by Crippen LogP contribution is -2.48. The van der Waals surface area contributed by atoms with Crippen LogP contribution in [0, 0.1) is 0 Å². The molecule has 1 atom stereocenters. The van der Waals surface area contributed by atoms with Crippen LogP contribution in [-0.4, -0.2) is 33.6 Å². The number of anilines is 1. The Balaban J connectivity index is 1.68. The van der Waals surface area contributed by atoms with E-state index in [9.17, 15) is 14.4 Å². The van der Waals surface area contributed by atoms with E-state index in [-0.39, 0.29) is 6.42 Å². The van der Waals surface area contributed by atoms with Crippen LogP contribution in [0.3, 0.4) is 0 Å². The summed E-state index contributed by atoms with van der Waals surface area (Å²) in [6, 6.07) is 15.0. The Morgan fingerprint density at radius 1 is 1.00 bits per heavy atom. The van der Waals surface area contributed by atoms with E-state index in [0.717, 1.165) is 10.5 Å². The number of hydrogen-bond donors (Lipinski definition) is 1. The Labute approximate surface area is 159 Å². The molecular formula is C20H15N3O3S. The molecule has 2 heterocycles. The molecule has 0 radical (unpaired) electrons. The van der Waals surface area contributed by atoms with Crippen LogP contribution in [0.25, 0.3) is 0 Å². The van der Waals surface area contributed by atoms with Crippen LogP contribution in [0.2, 0.25) is 0 Å². The van der Waals surface area contributed by atoms with Crippen LogP contribution in [0.15, 0.2) is 66.2 Å². The van der Waals surface area contributed by atoms with Gasteiger partial charge in [-0.2, -0.15) is 0 Å². The number of nitrogens with zero attached hydrogens (tertiary/aromatic N) is 2. The lowest BCUT2D eigenvalue weighted by atomic mass is 10.0. The van der Waals surface area contributed by atoms with Gasteiger partial charge in [-0.3, -0.25) is 19.3 Å². The molecule has 0 aliphatic carbocycles. The number of aromatic nitrogens is 1. The number of carbonyl (C=O) groups excluding carboxylic acids is 3. The number of nitrogens with one attached hydrogen (secondary N) is 1. The van der Waals surface area contributed by atoms with Gasteiger partial charge in [0.15, 0.2) is 5.13 Å². The van der Waals surface area contributed by atoms with E-state index in [4.69, 9.17) is 0 Å². The summed E-state index contributed by atoms with van der Waals surface area (Å²) in [6.07, 6.45) is 1.80. The molecule has 0 unspecified atom stereocenters. The van der Waals surface area contributed by atoms with Crippen molar-refractivity contribution in [3.8, 4) is 0 Å². The second-order valence-electron chi connectivity index (χ2n) is 6.06. The number of imide groups is 1. The van der Waals surface area contributed by atoms with E-state index in [1.54, 1.807) is 35.8 Å². The molecule has 6 nitrogen and oxygen atoms in total. The highest BCUT2D eigenvalue weighted by Gasteiger charge is 2.42. The van der Waals surface area contributed by atoms with E-state index in [1.165, 1.54) is 11.3 Å². The zero-order valence-corrected chi connectivity index (χ0v) is 15.0. The monoisotopic (exact) mass is 377 g/mol. The molecule has 4 rings (SSSR count). The molecule has 0 spiro atoms. The van der Waals surface area contributed by atoms with Crippen molar-refractivity contribution in [1.82, 2.24) is 9.88 Å². The number of benzene rings is 2. The summed E-state index contributed by atoms with van der Waals surface area (Å²) in [7, 11) is 0. The van der Waals surface area contributed by atoms with Gasteiger partial charge in [-0.05, 0) is 17.7 Å². The van der Waals surface area contributed by atoms with Crippen LogP contribution < -0.4 is 5.32 Å². The Kier molecular flexibility index (Phi) is 4.52. The van der Waals surface area contributed by atoms with Gasteiger partial charge in [-0.1, -0.05) is 42.5 Å². The van der Waals surface area contributed by atoms with Crippen LogP contribution in [0.4, 0.5) is 5.13 Å². The van der Waals surface area contributed by atoms with Gasteiger partial charge in [-0.15, -0.1) is 11.3 Å². The summed E-state index contributed by atoms with van der Waals surface area (Å²) < 4.78 is 0. The van der Waals surface area contributed by atoms with Gasteiger partial charge in [0.1, 0.15) is 6.04 Å². The summed E-state index contributed by atoms with van der Waals surface area (Å²) in [5, 5.41) is 4.87. The topological polar surface area (TPSA) is 79.4 Å². The first-order chi connectivity index (χ1) is 13.1. The molecule has 3 amide bonds. The van der Waals surface area contributed by atoms with Crippen molar-refractivity contribution in [2.24, 2.45) is 0 Å². The van der Waals surface area contributed by atoms with Gasteiger partial charge >= 0.3 is 0 Å². The molecule has 1 N–H and O–H groups in total. The van der Waals surface area contributed by atoms with Gasteiger partial charge in [0.25, 0.3) is 11.8 Å². The predicted molar refractivity (Wildman–Crippen MR) is 102 cm³/mol. The number of thiazole rings is 1. The molecule has 0 bridgehead atoms. The highest BCUT2D eigenvalue weighted by molar-refractivity contribution is 7.13. The maximum Gasteiger partial charge on any atom is 0.262 e. The quantitative estimate of drug-likeness (QED) is 0.693. The van der Waals surface area contributed by atoms with Crippen LogP contribution in [0.1, 0.15) is 26.3 Å². The predicted octanol–water partition coefficient (Wildman–Crippen LogP) is 2.99. The number of carbonyl (C=O) groups is 3. The van der Waals surface area contributed by atoms with Crippen LogP contribution in [-0.2, 0) is 11.2 Å². The minimum Gasteiger partial charge on any atom is -0.300 e. The molecule has 0 saturated heterocycles. The first kappa shape index (κ1) is 17.1. The maximum absolute atomic E-state index is 13.0. The van der Waals surface area contributed by atoms with Gasteiger partial charge in [0.05, 0.1) is 11.1 Å². The third kappa shape index (κ3) is 3.24. The summed E-state index contributed by atoms with van der Waals surface area (Å²) in [4.78, 5) is 43.8. The zero-order chi connectivity index (χ0) is 18.8. The van der Waals surface area contributed by atoms with Crippen molar-refractivity contribution in [1.29, 1.82) is 0 Å². The third-order valence-electron chi connectivity index (χ3n) is 4.37. The minimum absolute atomic E-state index is 0.226. The second-order valence-corrected chi connectivity index (χ2v) is 6.95. The molecule has 1 aliphatic rings. The first-order valence-electron chi connectivity index (χ1n) is 8.36. The Hall–Kier alpha value is -3.32. The molecule has 27 heavy (non-hydrogen) atoms. The van der Waals surface area contributed by atoms with Gasteiger partial charge in [0.2, 0.25) is 5.91 Å². The molecule has 2 aromatic carbocycles. The molecular weight excluding hydrogens is 362 g/mol. The van der Waals surface area contributed by atoms with E-state index in [2.05, 4.69) is 10.3 Å². The lowest BCUT2D eigenvalue weighted by molar-refractivity contribution is -0.119. The fraction of sp³-hybridized carbons (Fsp3) is 0.100. The fourth-order valence-corrected chi connectivity index (χ4v) is 3.64. The van der Waals surface area contributed by atoms with E-state index < -0.39 is 23.8 Å². The van der Waals surface area contributed by atoms with Crippen molar-refractivity contribution in [3.63, 3.8) is 0 Å². The van der Waals surface area contributed by atoms with Gasteiger partial charge in [0, 0.05) is 18.0 Å². The second kappa shape index (κ2) is 7.13. The summed E-state index contributed by atoms with van der Waals surface area (Å²) in [5.74, 6) is -1.35. The highest BCUT2D eigenvalue weighted by atomic mass is 32.1. The number of rotatable bonds is 5. The van der Waals surface area contributed by atoms with Gasteiger partial charge < -0.3 is 5.32 Å². The SMILES string of the molecule is O=C(Nc1nccs1)[C@@H](Cc1ccccc1)N1C(=O)c2ccccc2C1=O. The largest absolute Gasteiger partial charge is 0.300 e.